The maximum Gasteiger partial charge on any atom is 0.224 e. The van der Waals surface area contributed by atoms with Gasteiger partial charge in [0.1, 0.15) is 17.5 Å². The van der Waals surface area contributed by atoms with Crippen LogP contribution in [0, 0.1) is 17.5 Å². The SMILES string of the molecule is O=C(Cc1ccccc1F)NCC(O)Cc1ccc(F)cc1F. The van der Waals surface area contributed by atoms with Crippen molar-refractivity contribution in [1.82, 2.24) is 5.32 Å². The number of halogens is 3. The average molecular weight is 323 g/mol. The monoisotopic (exact) mass is 323 g/mol. The molecule has 0 aliphatic rings. The molecule has 0 aliphatic carbocycles. The number of amides is 1. The van der Waals surface area contributed by atoms with Crippen LogP contribution in [0.3, 0.4) is 0 Å². The van der Waals surface area contributed by atoms with Gasteiger partial charge in [-0.05, 0) is 23.3 Å². The molecule has 1 unspecified atom stereocenters. The second-order valence-electron chi connectivity index (χ2n) is 5.17. The molecule has 2 N–H and O–H groups in total. The van der Waals surface area contributed by atoms with Crippen LogP contribution in [-0.4, -0.2) is 23.7 Å². The molecular weight excluding hydrogens is 307 g/mol. The Bertz CT molecular complexity index is 691. The first-order valence-corrected chi connectivity index (χ1v) is 7.08. The van der Waals surface area contributed by atoms with Crippen molar-refractivity contribution in [2.24, 2.45) is 0 Å². The number of carbonyl (C=O) groups is 1. The number of nitrogens with one attached hydrogen (secondary N) is 1. The van der Waals surface area contributed by atoms with E-state index in [9.17, 15) is 23.1 Å². The molecule has 0 heterocycles. The quantitative estimate of drug-likeness (QED) is 0.857. The maximum absolute atomic E-state index is 13.5. The summed E-state index contributed by atoms with van der Waals surface area (Å²) < 4.78 is 39.7. The van der Waals surface area contributed by atoms with Crippen LogP contribution in [0.5, 0.6) is 0 Å². The molecule has 0 saturated heterocycles. The summed E-state index contributed by atoms with van der Waals surface area (Å²) in [5, 5.41) is 12.3. The van der Waals surface area contributed by atoms with E-state index in [-0.39, 0.29) is 30.5 Å². The molecule has 2 rings (SSSR count). The Balaban J connectivity index is 1.83. The third-order valence-corrected chi connectivity index (χ3v) is 3.31. The van der Waals surface area contributed by atoms with Gasteiger partial charge in [-0.1, -0.05) is 24.3 Å². The van der Waals surface area contributed by atoms with Crippen LogP contribution in [0.4, 0.5) is 13.2 Å². The number of hydrogen-bond acceptors (Lipinski definition) is 2. The number of carbonyl (C=O) groups excluding carboxylic acids is 1. The van der Waals surface area contributed by atoms with E-state index in [2.05, 4.69) is 5.32 Å². The molecule has 0 fully saturated rings. The molecule has 0 radical (unpaired) electrons. The van der Waals surface area contributed by atoms with Crippen molar-refractivity contribution in [2.45, 2.75) is 18.9 Å². The zero-order valence-corrected chi connectivity index (χ0v) is 12.2. The highest BCUT2D eigenvalue weighted by Gasteiger charge is 2.13. The molecule has 1 amide bonds. The summed E-state index contributed by atoms with van der Waals surface area (Å²) in [6, 6.07) is 8.99. The summed E-state index contributed by atoms with van der Waals surface area (Å²) in [5.74, 6) is -2.37. The highest BCUT2D eigenvalue weighted by molar-refractivity contribution is 5.78. The summed E-state index contributed by atoms with van der Waals surface area (Å²) in [5.41, 5.74) is 0.409. The van der Waals surface area contributed by atoms with Crippen LogP contribution < -0.4 is 5.32 Å². The molecule has 2 aromatic rings. The van der Waals surface area contributed by atoms with Gasteiger partial charge in [0.15, 0.2) is 0 Å². The Kier molecular flexibility index (Phi) is 5.76. The number of rotatable bonds is 6. The summed E-state index contributed by atoms with van der Waals surface area (Å²) in [7, 11) is 0. The molecular formula is C17H16F3NO2. The van der Waals surface area contributed by atoms with Gasteiger partial charge in [-0.25, -0.2) is 13.2 Å². The molecule has 6 heteroatoms. The molecule has 0 saturated carbocycles. The number of aliphatic hydroxyl groups is 1. The minimum absolute atomic E-state index is 0.0634. The van der Waals surface area contributed by atoms with Gasteiger partial charge in [0, 0.05) is 19.0 Å². The molecule has 1 atom stereocenters. The van der Waals surface area contributed by atoms with E-state index < -0.39 is 29.5 Å². The van der Waals surface area contributed by atoms with Crippen LogP contribution in [0.25, 0.3) is 0 Å². The number of aliphatic hydroxyl groups excluding tert-OH is 1. The fourth-order valence-electron chi connectivity index (χ4n) is 2.12. The molecule has 23 heavy (non-hydrogen) atoms. The normalized spacial score (nSPS) is 12.0. The molecule has 3 nitrogen and oxygen atoms in total. The van der Waals surface area contributed by atoms with Gasteiger partial charge in [-0.3, -0.25) is 4.79 Å². The van der Waals surface area contributed by atoms with Crippen molar-refractivity contribution in [3.8, 4) is 0 Å². The van der Waals surface area contributed by atoms with Crippen molar-refractivity contribution in [2.75, 3.05) is 6.54 Å². The lowest BCUT2D eigenvalue weighted by Gasteiger charge is -2.13. The number of hydrogen-bond donors (Lipinski definition) is 2. The molecule has 0 aromatic heterocycles. The van der Waals surface area contributed by atoms with Crippen LogP contribution in [0.15, 0.2) is 42.5 Å². The molecule has 0 bridgehead atoms. The van der Waals surface area contributed by atoms with E-state index in [0.717, 1.165) is 12.1 Å². The third kappa shape index (κ3) is 5.10. The summed E-state index contributed by atoms with van der Waals surface area (Å²) >= 11 is 0. The summed E-state index contributed by atoms with van der Waals surface area (Å²) in [4.78, 5) is 11.7. The van der Waals surface area contributed by atoms with E-state index in [1.165, 1.54) is 24.3 Å². The van der Waals surface area contributed by atoms with Crippen molar-refractivity contribution in [1.29, 1.82) is 0 Å². The van der Waals surface area contributed by atoms with Crippen molar-refractivity contribution in [3.63, 3.8) is 0 Å². The zero-order valence-electron chi connectivity index (χ0n) is 12.2. The van der Waals surface area contributed by atoms with Gasteiger partial charge in [-0.15, -0.1) is 0 Å². The highest BCUT2D eigenvalue weighted by atomic mass is 19.1. The van der Waals surface area contributed by atoms with E-state index in [1.54, 1.807) is 6.07 Å². The van der Waals surface area contributed by atoms with Gasteiger partial charge in [0.25, 0.3) is 0 Å². The van der Waals surface area contributed by atoms with Crippen LogP contribution in [-0.2, 0) is 17.6 Å². The largest absolute Gasteiger partial charge is 0.391 e. The minimum atomic E-state index is -1.03. The lowest BCUT2D eigenvalue weighted by Crippen LogP contribution is -2.34. The van der Waals surface area contributed by atoms with Crippen LogP contribution in [0.2, 0.25) is 0 Å². The van der Waals surface area contributed by atoms with Gasteiger partial charge in [-0.2, -0.15) is 0 Å². The van der Waals surface area contributed by atoms with Crippen molar-refractivity contribution >= 4 is 5.91 Å². The first kappa shape index (κ1) is 17.0. The van der Waals surface area contributed by atoms with Gasteiger partial charge in [0.05, 0.1) is 12.5 Å². The molecule has 0 aliphatic heterocycles. The van der Waals surface area contributed by atoms with Gasteiger partial charge in [0.2, 0.25) is 5.91 Å². The molecule has 0 spiro atoms. The Labute approximate surface area is 131 Å². The fourth-order valence-corrected chi connectivity index (χ4v) is 2.12. The predicted octanol–water partition coefficient (Wildman–Crippen LogP) is 2.37. The van der Waals surface area contributed by atoms with E-state index in [0.29, 0.717) is 0 Å². The van der Waals surface area contributed by atoms with Crippen molar-refractivity contribution in [3.05, 3.63) is 71.0 Å². The Hall–Kier alpha value is -2.34. The first-order valence-electron chi connectivity index (χ1n) is 7.08. The Morgan fingerprint density at radius 2 is 1.78 bits per heavy atom. The van der Waals surface area contributed by atoms with Gasteiger partial charge >= 0.3 is 0 Å². The first-order chi connectivity index (χ1) is 11.0. The lowest BCUT2D eigenvalue weighted by molar-refractivity contribution is -0.120. The van der Waals surface area contributed by atoms with E-state index >= 15 is 0 Å². The smallest absolute Gasteiger partial charge is 0.224 e. The standard InChI is InChI=1S/C17H16F3NO2/c18-13-6-5-12(16(20)9-13)7-14(22)10-21-17(23)8-11-3-1-2-4-15(11)19/h1-6,9,14,22H,7-8,10H2,(H,21,23). The van der Waals surface area contributed by atoms with E-state index in [1.807, 2.05) is 0 Å². The second kappa shape index (κ2) is 7.78. The molecule has 2 aromatic carbocycles. The second-order valence-corrected chi connectivity index (χ2v) is 5.17. The number of benzene rings is 2. The lowest BCUT2D eigenvalue weighted by atomic mass is 10.1. The summed E-state index contributed by atoms with van der Waals surface area (Å²) in [6.45, 7) is -0.107. The predicted molar refractivity (Wildman–Crippen MR) is 79.2 cm³/mol. The average Bonchev–Trinajstić information content (AvgIpc) is 2.50. The minimum Gasteiger partial charge on any atom is -0.391 e. The topological polar surface area (TPSA) is 49.3 Å². The highest BCUT2D eigenvalue weighted by Crippen LogP contribution is 2.12. The fraction of sp³-hybridized carbons (Fsp3) is 0.235. The maximum atomic E-state index is 13.5. The third-order valence-electron chi connectivity index (χ3n) is 3.31. The Morgan fingerprint density at radius 1 is 1.04 bits per heavy atom. The summed E-state index contributed by atoms with van der Waals surface area (Å²) in [6.07, 6.45) is -1.24. The van der Waals surface area contributed by atoms with E-state index in [4.69, 9.17) is 0 Å². The Morgan fingerprint density at radius 3 is 2.48 bits per heavy atom. The zero-order chi connectivity index (χ0) is 16.8. The van der Waals surface area contributed by atoms with Crippen LogP contribution in [0.1, 0.15) is 11.1 Å². The molecule has 122 valence electrons. The van der Waals surface area contributed by atoms with Crippen LogP contribution >= 0.6 is 0 Å². The van der Waals surface area contributed by atoms with Gasteiger partial charge < -0.3 is 10.4 Å². The van der Waals surface area contributed by atoms with Crippen molar-refractivity contribution < 1.29 is 23.1 Å².